The van der Waals surface area contributed by atoms with E-state index in [4.69, 9.17) is 15.7 Å². The maximum Gasteiger partial charge on any atom is 0.293 e. The predicted molar refractivity (Wildman–Crippen MR) is 138 cm³/mol. The first-order chi connectivity index (χ1) is 16.9. The highest BCUT2D eigenvalue weighted by Gasteiger charge is 2.24. The summed E-state index contributed by atoms with van der Waals surface area (Å²) >= 11 is 0. The lowest BCUT2D eigenvalue weighted by molar-refractivity contribution is 0.496. The number of rotatable bonds is 4. The van der Waals surface area contributed by atoms with E-state index in [2.05, 4.69) is 26.8 Å². The number of benzene rings is 1. The molecule has 35 heavy (non-hydrogen) atoms. The van der Waals surface area contributed by atoms with E-state index in [9.17, 15) is 4.79 Å². The summed E-state index contributed by atoms with van der Waals surface area (Å²) in [5.74, 6) is 6.77. The molecule has 5 rings (SSSR count). The molecule has 0 bridgehead atoms. The zero-order valence-electron chi connectivity index (χ0n) is 20.7. The summed E-state index contributed by atoms with van der Waals surface area (Å²) in [6.07, 6.45) is 3.66. The Balaban J connectivity index is 1.59. The number of aromatic nitrogens is 6. The van der Waals surface area contributed by atoms with Crippen LogP contribution in [0.5, 0.6) is 0 Å². The van der Waals surface area contributed by atoms with Gasteiger partial charge >= 0.3 is 0 Å². The number of imidazole rings is 1. The molecule has 4 heterocycles. The maximum atomic E-state index is 13.6. The van der Waals surface area contributed by atoms with Gasteiger partial charge < -0.3 is 10.6 Å². The van der Waals surface area contributed by atoms with Crippen LogP contribution in [-0.4, -0.2) is 48.4 Å². The van der Waals surface area contributed by atoms with Crippen LogP contribution in [-0.2, 0) is 13.1 Å². The van der Waals surface area contributed by atoms with Crippen molar-refractivity contribution in [2.24, 2.45) is 5.73 Å². The quantitative estimate of drug-likeness (QED) is 0.457. The van der Waals surface area contributed by atoms with Crippen LogP contribution in [0.1, 0.15) is 42.3 Å². The molecule has 0 saturated carbocycles. The monoisotopic (exact) mass is 470 g/mol. The maximum absolute atomic E-state index is 13.6. The first-order valence-corrected chi connectivity index (χ1v) is 12.0. The van der Waals surface area contributed by atoms with Gasteiger partial charge in [-0.15, -0.1) is 5.92 Å². The van der Waals surface area contributed by atoms with Crippen molar-refractivity contribution >= 4 is 28.0 Å². The van der Waals surface area contributed by atoms with Crippen LogP contribution in [0.3, 0.4) is 0 Å². The SMILES string of the molecule is CC#CCn1c(N2CCC[C@@H](N)C2)nc2cnn(Cc3cc(C)c4nc(C)c(C)nc4c3)c(=O)c21. The second-order valence-electron chi connectivity index (χ2n) is 9.29. The van der Waals surface area contributed by atoms with Gasteiger partial charge in [0, 0.05) is 19.1 Å². The van der Waals surface area contributed by atoms with Gasteiger partial charge in [-0.3, -0.25) is 9.36 Å². The van der Waals surface area contributed by atoms with Crippen molar-refractivity contribution in [1.29, 1.82) is 0 Å². The van der Waals surface area contributed by atoms with Gasteiger partial charge in [0.25, 0.3) is 5.56 Å². The van der Waals surface area contributed by atoms with Gasteiger partial charge in [-0.1, -0.05) is 12.0 Å². The first kappa shape index (κ1) is 23.0. The molecule has 0 spiro atoms. The van der Waals surface area contributed by atoms with Gasteiger partial charge in [-0.25, -0.2) is 19.6 Å². The molecule has 1 saturated heterocycles. The van der Waals surface area contributed by atoms with E-state index in [-0.39, 0.29) is 11.6 Å². The summed E-state index contributed by atoms with van der Waals surface area (Å²) < 4.78 is 3.40. The molecule has 4 aromatic rings. The van der Waals surface area contributed by atoms with E-state index in [1.54, 1.807) is 13.1 Å². The summed E-state index contributed by atoms with van der Waals surface area (Å²) in [5, 5.41) is 4.45. The smallest absolute Gasteiger partial charge is 0.293 e. The van der Waals surface area contributed by atoms with Crippen LogP contribution < -0.4 is 16.2 Å². The van der Waals surface area contributed by atoms with Gasteiger partial charge in [-0.2, -0.15) is 5.10 Å². The number of nitrogens with zero attached hydrogens (tertiary/aromatic N) is 7. The number of hydrogen-bond acceptors (Lipinski definition) is 7. The fourth-order valence-electron chi connectivity index (χ4n) is 4.77. The molecule has 1 fully saturated rings. The van der Waals surface area contributed by atoms with Crippen molar-refractivity contribution in [3.05, 3.63) is 51.2 Å². The average molecular weight is 471 g/mol. The molecule has 0 aliphatic carbocycles. The lowest BCUT2D eigenvalue weighted by Gasteiger charge is -2.31. The third kappa shape index (κ3) is 4.26. The number of aryl methyl sites for hydroxylation is 3. The Morgan fingerprint density at radius 3 is 2.69 bits per heavy atom. The second kappa shape index (κ2) is 9.12. The molecule has 1 aliphatic heterocycles. The van der Waals surface area contributed by atoms with Gasteiger partial charge in [0.1, 0.15) is 11.0 Å². The summed E-state index contributed by atoms with van der Waals surface area (Å²) in [6.45, 7) is 10.0. The van der Waals surface area contributed by atoms with Gasteiger partial charge in [0.2, 0.25) is 5.95 Å². The minimum Gasteiger partial charge on any atom is -0.341 e. The van der Waals surface area contributed by atoms with Crippen molar-refractivity contribution < 1.29 is 0 Å². The van der Waals surface area contributed by atoms with Crippen LogP contribution in [0.25, 0.3) is 22.1 Å². The highest BCUT2D eigenvalue weighted by Crippen LogP contribution is 2.24. The fraction of sp³-hybridized carbons (Fsp3) is 0.423. The van der Waals surface area contributed by atoms with E-state index in [0.29, 0.717) is 30.7 Å². The predicted octanol–water partition coefficient (Wildman–Crippen LogP) is 2.46. The third-order valence-corrected chi connectivity index (χ3v) is 6.65. The van der Waals surface area contributed by atoms with Crippen molar-refractivity contribution in [3.63, 3.8) is 0 Å². The Morgan fingerprint density at radius 2 is 1.91 bits per heavy atom. The van der Waals surface area contributed by atoms with Crippen LogP contribution in [0, 0.1) is 32.6 Å². The molecule has 0 amide bonds. The summed E-state index contributed by atoms with van der Waals surface area (Å²) in [4.78, 5) is 30.0. The number of nitrogens with two attached hydrogens (primary N) is 1. The van der Waals surface area contributed by atoms with Crippen molar-refractivity contribution in [3.8, 4) is 11.8 Å². The van der Waals surface area contributed by atoms with E-state index < -0.39 is 0 Å². The lowest BCUT2D eigenvalue weighted by atomic mass is 10.1. The van der Waals surface area contributed by atoms with E-state index in [1.165, 1.54) is 4.68 Å². The Morgan fingerprint density at radius 1 is 1.11 bits per heavy atom. The van der Waals surface area contributed by atoms with Crippen molar-refractivity contribution in [1.82, 2.24) is 29.3 Å². The van der Waals surface area contributed by atoms with E-state index in [1.807, 2.05) is 37.5 Å². The Labute approximate surface area is 204 Å². The molecule has 180 valence electrons. The molecule has 1 aromatic carbocycles. The van der Waals surface area contributed by atoms with Crippen molar-refractivity contribution in [2.45, 2.75) is 59.7 Å². The average Bonchev–Trinajstić information content (AvgIpc) is 3.20. The summed E-state index contributed by atoms with van der Waals surface area (Å²) in [5.41, 5.74) is 12.6. The minimum atomic E-state index is -0.190. The van der Waals surface area contributed by atoms with Gasteiger partial charge in [0.05, 0.1) is 41.7 Å². The van der Waals surface area contributed by atoms with Crippen LogP contribution in [0.15, 0.2) is 23.1 Å². The third-order valence-electron chi connectivity index (χ3n) is 6.65. The number of hydrogen-bond donors (Lipinski definition) is 1. The van der Waals surface area contributed by atoms with Gasteiger partial charge in [-0.05, 0) is 57.7 Å². The fourth-order valence-corrected chi connectivity index (χ4v) is 4.77. The largest absolute Gasteiger partial charge is 0.341 e. The summed E-state index contributed by atoms with van der Waals surface area (Å²) in [7, 11) is 0. The number of piperidine rings is 1. The zero-order valence-corrected chi connectivity index (χ0v) is 20.7. The number of anilines is 1. The molecule has 9 nitrogen and oxygen atoms in total. The highest BCUT2D eigenvalue weighted by atomic mass is 16.1. The molecule has 1 atom stereocenters. The molecule has 2 N–H and O–H groups in total. The molecular weight excluding hydrogens is 440 g/mol. The molecule has 3 aromatic heterocycles. The van der Waals surface area contributed by atoms with Crippen LogP contribution in [0.2, 0.25) is 0 Å². The Bertz CT molecular complexity index is 1560. The minimum absolute atomic E-state index is 0.0933. The highest BCUT2D eigenvalue weighted by molar-refractivity contribution is 5.79. The van der Waals surface area contributed by atoms with E-state index in [0.717, 1.165) is 58.9 Å². The van der Waals surface area contributed by atoms with Crippen LogP contribution >= 0.6 is 0 Å². The Hall–Kier alpha value is -3.77. The van der Waals surface area contributed by atoms with Crippen molar-refractivity contribution in [2.75, 3.05) is 18.0 Å². The van der Waals surface area contributed by atoms with E-state index >= 15 is 0 Å². The Kier molecular flexibility index (Phi) is 5.99. The molecule has 0 radical (unpaired) electrons. The molecule has 0 unspecified atom stereocenters. The standard InChI is InChI=1S/C26H30N8O/c1-5-6-10-33-24-22(31-26(33)32-9-7-8-20(27)15-32)13-28-34(25(24)35)14-19-11-16(2)23-21(12-19)29-17(3)18(4)30-23/h11-13,20H,7-10,14-15,27H2,1-4H3/t20-/m1/s1. The lowest BCUT2D eigenvalue weighted by Crippen LogP contribution is -2.44. The zero-order chi connectivity index (χ0) is 24.7. The topological polar surface area (TPSA) is 108 Å². The number of fused-ring (bicyclic) bond motifs is 2. The normalized spacial score (nSPS) is 16.0. The molecule has 9 heteroatoms. The molecular formula is C26H30N8O. The van der Waals surface area contributed by atoms with Crippen LogP contribution in [0.4, 0.5) is 5.95 Å². The molecule has 1 aliphatic rings. The second-order valence-corrected chi connectivity index (χ2v) is 9.29. The summed E-state index contributed by atoms with van der Waals surface area (Å²) in [6, 6.07) is 4.13. The van der Waals surface area contributed by atoms with Gasteiger partial charge in [0.15, 0.2) is 0 Å². The first-order valence-electron chi connectivity index (χ1n) is 12.0.